The Balaban J connectivity index is 1.48. The smallest absolute Gasteiger partial charge is 0.246 e. The summed E-state index contributed by atoms with van der Waals surface area (Å²) < 4.78 is 5.43. The van der Waals surface area contributed by atoms with E-state index in [0.29, 0.717) is 18.2 Å². The molecular weight excluding hydrogens is 350 g/mol. The lowest BCUT2D eigenvalue weighted by Crippen LogP contribution is -2.37. The summed E-state index contributed by atoms with van der Waals surface area (Å²) in [5, 5.41) is 3.96. The second kappa shape index (κ2) is 7.56. The zero-order chi connectivity index (χ0) is 17.9. The Morgan fingerprint density at radius 3 is 2.73 bits per heavy atom. The predicted molar refractivity (Wildman–Crippen MR) is 105 cm³/mol. The average molecular weight is 372 g/mol. The van der Waals surface area contributed by atoms with E-state index in [1.165, 1.54) is 5.56 Å². The van der Waals surface area contributed by atoms with E-state index in [1.54, 1.807) is 0 Å². The van der Waals surface area contributed by atoms with Crippen LogP contribution in [0.5, 0.6) is 0 Å². The molecule has 2 aliphatic heterocycles. The highest BCUT2D eigenvalue weighted by Gasteiger charge is 2.24. The fraction of sp³-hybridized carbons (Fsp3) is 0.350. The summed E-state index contributed by atoms with van der Waals surface area (Å²) in [5.41, 5.74) is 4.21. The van der Waals surface area contributed by atoms with Crippen LogP contribution in [0.15, 0.2) is 42.5 Å². The summed E-state index contributed by atoms with van der Waals surface area (Å²) in [7, 11) is 0. The molecule has 2 aliphatic rings. The van der Waals surface area contributed by atoms with Crippen molar-refractivity contribution in [3.8, 4) is 0 Å². The van der Waals surface area contributed by atoms with Crippen molar-refractivity contribution in [2.75, 3.05) is 54.5 Å². The van der Waals surface area contributed by atoms with E-state index in [0.717, 1.165) is 43.1 Å². The van der Waals surface area contributed by atoms with Crippen molar-refractivity contribution >= 4 is 34.6 Å². The molecule has 1 fully saturated rings. The molecule has 0 aromatic heterocycles. The number of carbonyl (C=O) groups excluding carboxylic acids is 1. The van der Waals surface area contributed by atoms with Gasteiger partial charge in [0.1, 0.15) is 0 Å². The number of rotatable bonds is 4. The third-order valence-electron chi connectivity index (χ3n) is 4.93. The van der Waals surface area contributed by atoms with Gasteiger partial charge in [-0.1, -0.05) is 29.8 Å². The number of hydrogen-bond acceptors (Lipinski definition) is 4. The molecule has 2 aromatic rings. The SMILES string of the molecule is O=C(CNc1cc(Cl)ccc1N1CCOCC1)N1CCc2ccccc21. The molecule has 136 valence electrons. The largest absolute Gasteiger partial charge is 0.378 e. The fourth-order valence-corrected chi connectivity index (χ4v) is 3.77. The van der Waals surface area contributed by atoms with Gasteiger partial charge in [0.15, 0.2) is 0 Å². The topological polar surface area (TPSA) is 44.8 Å². The molecule has 0 aliphatic carbocycles. The average Bonchev–Trinajstić information content (AvgIpc) is 3.11. The van der Waals surface area contributed by atoms with E-state index < -0.39 is 0 Å². The summed E-state index contributed by atoms with van der Waals surface area (Å²) in [4.78, 5) is 16.9. The molecule has 0 saturated carbocycles. The van der Waals surface area contributed by atoms with Gasteiger partial charge in [-0.25, -0.2) is 0 Å². The normalized spacial score (nSPS) is 16.5. The number of halogens is 1. The molecule has 0 radical (unpaired) electrons. The number of benzene rings is 2. The van der Waals surface area contributed by atoms with Crippen molar-refractivity contribution in [1.29, 1.82) is 0 Å². The number of fused-ring (bicyclic) bond motifs is 1. The molecule has 26 heavy (non-hydrogen) atoms. The maximum atomic E-state index is 12.8. The van der Waals surface area contributed by atoms with E-state index >= 15 is 0 Å². The first-order valence-electron chi connectivity index (χ1n) is 8.97. The predicted octanol–water partition coefficient (Wildman–Crippen LogP) is 3.18. The molecule has 0 unspecified atom stereocenters. The van der Waals surface area contributed by atoms with Crippen molar-refractivity contribution in [3.05, 3.63) is 53.1 Å². The third-order valence-corrected chi connectivity index (χ3v) is 5.16. The number of amides is 1. The molecule has 4 rings (SSSR count). The number of hydrogen-bond donors (Lipinski definition) is 1. The van der Waals surface area contributed by atoms with Gasteiger partial charge in [-0.05, 0) is 36.2 Å². The van der Waals surface area contributed by atoms with Crippen LogP contribution >= 0.6 is 11.6 Å². The Morgan fingerprint density at radius 2 is 1.88 bits per heavy atom. The lowest BCUT2D eigenvalue weighted by Gasteiger charge is -2.31. The summed E-state index contributed by atoms with van der Waals surface area (Å²) in [6.45, 7) is 4.09. The minimum atomic E-state index is 0.0721. The van der Waals surface area contributed by atoms with Crippen molar-refractivity contribution < 1.29 is 9.53 Å². The molecular formula is C20H22ClN3O2. The summed E-state index contributed by atoms with van der Waals surface area (Å²) in [6.07, 6.45) is 0.915. The van der Waals surface area contributed by atoms with Crippen LogP contribution < -0.4 is 15.1 Å². The Bertz CT molecular complexity index is 805. The van der Waals surface area contributed by atoms with Crippen molar-refractivity contribution in [2.24, 2.45) is 0 Å². The van der Waals surface area contributed by atoms with Crippen molar-refractivity contribution in [2.45, 2.75) is 6.42 Å². The van der Waals surface area contributed by atoms with Crippen molar-refractivity contribution in [1.82, 2.24) is 0 Å². The van der Waals surface area contributed by atoms with Crippen LogP contribution in [0.25, 0.3) is 0 Å². The van der Waals surface area contributed by atoms with Crippen LogP contribution in [-0.2, 0) is 16.0 Å². The Morgan fingerprint density at radius 1 is 1.08 bits per heavy atom. The first kappa shape index (κ1) is 17.2. The minimum absolute atomic E-state index is 0.0721. The van der Waals surface area contributed by atoms with Crippen LogP contribution in [-0.4, -0.2) is 45.3 Å². The molecule has 1 N–H and O–H groups in total. The summed E-state index contributed by atoms with van der Waals surface area (Å²) >= 11 is 6.19. The van der Waals surface area contributed by atoms with Gasteiger partial charge in [-0.2, -0.15) is 0 Å². The first-order valence-corrected chi connectivity index (χ1v) is 9.34. The second-order valence-corrected chi connectivity index (χ2v) is 6.97. The maximum absolute atomic E-state index is 12.8. The maximum Gasteiger partial charge on any atom is 0.246 e. The van der Waals surface area contributed by atoms with Gasteiger partial charge in [0, 0.05) is 30.3 Å². The number of anilines is 3. The van der Waals surface area contributed by atoms with Crippen LogP contribution in [0, 0.1) is 0 Å². The van der Waals surface area contributed by atoms with E-state index in [9.17, 15) is 4.79 Å². The first-order chi connectivity index (χ1) is 12.7. The fourth-order valence-electron chi connectivity index (χ4n) is 3.59. The van der Waals surface area contributed by atoms with E-state index in [1.807, 2.05) is 41.3 Å². The van der Waals surface area contributed by atoms with Crippen LogP contribution in [0.4, 0.5) is 17.1 Å². The quantitative estimate of drug-likeness (QED) is 0.896. The molecule has 1 saturated heterocycles. The highest BCUT2D eigenvalue weighted by molar-refractivity contribution is 6.31. The van der Waals surface area contributed by atoms with E-state index in [4.69, 9.17) is 16.3 Å². The Labute approximate surface area is 158 Å². The summed E-state index contributed by atoms with van der Waals surface area (Å²) in [5.74, 6) is 0.0721. The molecule has 2 aromatic carbocycles. The molecule has 0 spiro atoms. The van der Waals surface area contributed by atoms with E-state index in [-0.39, 0.29) is 12.5 Å². The van der Waals surface area contributed by atoms with Gasteiger partial charge < -0.3 is 19.9 Å². The van der Waals surface area contributed by atoms with Crippen LogP contribution in [0.1, 0.15) is 5.56 Å². The zero-order valence-corrected chi connectivity index (χ0v) is 15.3. The van der Waals surface area contributed by atoms with Gasteiger partial charge in [0.05, 0.1) is 31.1 Å². The van der Waals surface area contributed by atoms with Crippen LogP contribution in [0.2, 0.25) is 5.02 Å². The Hall–Kier alpha value is -2.24. The lowest BCUT2D eigenvalue weighted by atomic mass is 10.2. The summed E-state index contributed by atoms with van der Waals surface area (Å²) in [6, 6.07) is 13.9. The monoisotopic (exact) mass is 371 g/mol. The molecule has 6 heteroatoms. The van der Waals surface area contributed by atoms with Gasteiger partial charge in [-0.3, -0.25) is 4.79 Å². The highest BCUT2D eigenvalue weighted by Crippen LogP contribution is 2.31. The van der Waals surface area contributed by atoms with Gasteiger partial charge >= 0.3 is 0 Å². The second-order valence-electron chi connectivity index (χ2n) is 6.54. The van der Waals surface area contributed by atoms with E-state index in [2.05, 4.69) is 16.3 Å². The number of morpholine rings is 1. The lowest BCUT2D eigenvalue weighted by molar-refractivity contribution is -0.116. The van der Waals surface area contributed by atoms with Gasteiger partial charge in [-0.15, -0.1) is 0 Å². The highest BCUT2D eigenvalue weighted by atomic mass is 35.5. The number of nitrogens with zero attached hydrogens (tertiary/aromatic N) is 2. The standard InChI is InChI=1S/C20H22ClN3O2/c21-16-5-6-19(23-9-11-26-12-10-23)17(13-16)22-14-20(25)24-8-7-15-3-1-2-4-18(15)24/h1-6,13,22H,7-12,14H2. The number of carbonyl (C=O) groups is 1. The number of ether oxygens (including phenoxy) is 1. The molecule has 0 atom stereocenters. The van der Waals surface area contributed by atoms with Crippen molar-refractivity contribution in [3.63, 3.8) is 0 Å². The van der Waals surface area contributed by atoms with Gasteiger partial charge in [0.2, 0.25) is 5.91 Å². The molecule has 0 bridgehead atoms. The third kappa shape index (κ3) is 3.50. The molecule has 2 heterocycles. The van der Waals surface area contributed by atoms with Gasteiger partial charge in [0.25, 0.3) is 0 Å². The molecule has 1 amide bonds. The number of nitrogens with one attached hydrogen (secondary N) is 1. The molecule has 5 nitrogen and oxygen atoms in total. The minimum Gasteiger partial charge on any atom is -0.378 e. The Kier molecular flexibility index (Phi) is 5.00. The number of para-hydroxylation sites is 1. The van der Waals surface area contributed by atoms with Crippen LogP contribution in [0.3, 0.4) is 0 Å². The zero-order valence-electron chi connectivity index (χ0n) is 14.6.